The van der Waals surface area contributed by atoms with E-state index in [1.807, 2.05) is 6.92 Å². The van der Waals surface area contributed by atoms with Crippen molar-refractivity contribution < 1.29 is 9.59 Å². The molecule has 9 nitrogen and oxygen atoms in total. The van der Waals surface area contributed by atoms with Crippen LogP contribution < -0.4 is 21.1 Å². The van der Waals surface area contributed by atoms with Crippen molar-refractivity contribution in [3.05, 3.63) is 53.2 Å². The first-order valence-electron chi connectivity index (χ1n) is 8.93. The highest BCUT2D eigenvalue weighted by atomic mass is 16.2. The van der Waals surface area contributed by atoms with Crippen LogP contribution in [-0.2, 0) is 11.8 Å². The molecule has 2 atom stereocenters. The number of nitrogens with one attached hydrogen (secondary N) is 3. The Hall–Kier alpha value is -3.62. The summed E-state index contributed by atoms with van der Waals surface area (Å²) in [6.45, 7) is 1.93. The summed E-state index contributed by atoms with van der Waals surface area (Å²) in [6, 6.07) is 5.68. The number of aromatic amines is 1. The molecule has 0 radical (unpaired) electrons. The van der Waals surface area contributed by atoms with Crippen LogP contribution in [0.1, 0.15) is 13.3 Å². The number of aromatic nitrogens is 3. The fraction of sp³-hybridized carbons (Fsp3) is 0.263. The van der Waals surface area contributed by atoms with Crippen LogP contribution in [0.25, 0.3) is 10.8 Å². The maximum absolute atomic E-state index is 12.7. The topological polar surface area (TPSA) is 112 Å². The number of carbonyl (C=O) groups is 2. The Morgan fingerprint density at radius 1 is 1.29 bits per heavy atom. The molecule has 2 aromatic heterocycles. The molecule has 0 bridgehead atoms. The molecule has 3 amide bonds. The number of urea groups is 1. The molecule has 1 saturated heterocycles. The number of anilines is 2. The lowest BCUT2D eigenvalue weighted by atomic mass is 10.1. The lowest BCUT2D eigenvalue weighted by Crippen LogP contribution is -2.43. The minimum absolute atomic E-state index is 0.0544. The summed E-state index contributed by atoms with van der Waals surface area (Å²) < 4.78 is 1.63. The quantitative estimate of drug-likeness (QED) is 0.640. The molecular weight excluding hydrogens is 360 g/mol. The predicted molar refractivity (Wildman–Crippen MR) is 105 cm³/mol. The lowest BCUT2D eigenvalue weighted by Gasteiger charge is -2.19. The third kappa shape index (κ3) is 3.22. The number of pyridine rings is 1. The van der Waals surface area contributed by atoms with Crippen molar-refractivity contribution in [3.8, 4) is 0 Å². The summed E-state index contributed by atoms with van der Waals surface area (Å²) >= 11 is 0. The molecule has 0 spiro atoms. The number of H-pyrrole nitrogens is 1. The van der Waals surface area contributed by atoms with Gasteiger partial charge in [-0.3, -0.25) is 14.3 Å². The van der Waals surface area contributed by atoms with Crippen molar-refractivity contribution >= 4 is 34.1 Å². The van der Waals surface area contributed by atoms with E-state index in [4.69, 9.17) is 0 Å². The minimum Gasteiger partial charge on any atom is -0.329 e. The van der Waals surface area contributed by atoms with Gasteiger partial charge in [-0.05, 0) is 36.9 Å². The van der Waals surface area contributed by atoms with Crippen LogP contribution in [0.2, 0.25) is 0 Å². The molecule has 3 heterocycles. The zero-order chi connectivity index (χ0) is 19.8. The second-order valence-electron chi connectivity index (χ2n) is 6.93. The van der Waals surface area contributed by atoms with Crippen molar-refractivity contribution in [3.63, 3.8) is 0 Å². The smallest absolute Gasteiger partial charge is 0.319 e. The van der Waals surface area contributed by atoms with Gasteiger partial charge in [-0.1, -0.05) is 6.07 Å². The first-order chi connectivity index (χ1) is 13.4. The number of nitrogens with zero attached hydrogens (tertiary/aromatic N) is 3. The molecule has 1 aromatic carbocycles. The highest BCUT2D eigenvalue weighted by Gasteiger charge is 2.39. The van der Waals surface area contributed by atoms with E-state index in [2.05, 4.69) is 20.7 Å². The van der Waals surface area contributed by atoms with Crippen molar-refractivity contribution in [2.24, 2.45) is 7.05 Å². The number of rotatable bonds is 3. The van der Waals surface area contributed by atoms with Gasteiger partial charge >= 0.3 is 6.03 Å². The summed E-state index contributed by atoms with van der Waals surface area (Å²) in [5.41, 5.74) is 0.955. The summed E-state index contributed by atoms with van der Waals surface area (Å²) in [4.78, 5) is 41.3. The largest absolute Gasteiger partial charge is 0.329 e. The number of hydrogen-bond donors (Lipinski definition) is 3. The van der Waals surface area contributed by atoms with Gasteiger partial charge in [-0.2, -0.15) is 5.10 Å². The van der Waals surface area contributed by atoms with E-state index in [1.165, 1.54) is 0 Å². The molecular formula is C19H20N6O3. The van der Waals surface area contributed by atoms with Gasteiger partial charge < -0.3 is 20.5 Å². The van der Waals surface area contributed by atoms with Crippen molar-refractivity contribution in [2.75, 3.05) is 10.2 Å². The maximum Gasteiger partial charge on any atom is 0.319 e. The molecule has 3 N–H and O–H groups in total. The van der Waals surface area contributed by atoms with Gasteiger partial charge in [-0.15, -0.1) is 0 Å². The van der Waals surface area contributed by atoms with E-state index in [0.29, 0.717) is 23.2 Å². The number of fused-ring (bicyclic) bond motifs is 1. The number of carbonyl (C=O) groups excluding carboxylic acids is 2. The van der Waals surface area contributed by atoms with Crippen LogP contribution in [0.15, 0.2) is 47.7 Å². The van der Waals surface area contributed by atoms with E-state index in [-0.39, 0.29) is 17.5 Å². The molecule has 3 aromatic rings. The molecule has 4 rings (SSSR count). The highest BCUT2D eigenvalue weighted by Crippen LogP contribution is 2.26. The zero-order valence-electron chi connectivity index (χ0n) is 15.5. The fourth-order valence-corrected chi connectivity index (χ4v) is 3.55. The predicted octanol–water partition coefficient (Wildman–Crippen LogP) is 1.58. The third-order valence-electron chi connectivity index (χ3n) is 4.86. The van der Waals surface area contributed by atoms with Crippen LogP contribution in [0.4, 0.5) is 16.2 Å². The van der Waals surface area contributed by atoms with Crippen LogP contribution >= 0.6 is 0 Å². The van der Waals surface area contributed by atoms with E-state index in [1.54, 1.807) is 59.5 Å². The molecule has 1 fully saturated rings. The summed E-state index contributed by atoms with van der Waals surface area (Å²) in [5, 5.41) is 10.8. The SMILES string of the molecule is CC1CC(NC(=O)Nc2ccc3cc[nH]c(=O)c3c2)C(=O)N1c1cnn(C)c1. The first-order valence-corrected chi connectivity index (χ1v) is 8.93. The lowest BCUT2D eigenvalue weighted by molar-refractivity contribution is -0.118. The number of aryl methyl sites for hydroxylation is 1. The first kappa shape index (κ1) is 17.8. The van der Waals surface area contributed by atoms with Gasteiger partial charge in [0.15, 0.2) is 0 Å². The summed E-state index contributed by atoms with van der Waals surface area (Å²) in [5.74, 6) is -0.175. The van der Waals surface area contributed by atoms with Gasteiger partial charge in [0.05, 0.1) is 11.9 Å². The monoisotopic (exact) mass is 380 g/mol. The molecule has 0 saturated carbocycles. The Morgan fingerprint density at radius 2 is 2.11 bits per heavy atom. The van der Waals surface area contributed by atoms with E-state index < -0.39 is 12.1 Å². The van der Waals surface area contributed by atoms with E-state index in [0.717, 1.165) is 5.39 Å². The van der Waals surface area contributed by atoms with Gasteiger partial charge in [0, 0.05) is 36.6 Å². The van der Waals surface area contributed by atoms with E-state index in [9.17, 15) is 14.4 Å². The van der Waals surface area contributed by atoms with Crippen molar-refractivity contribution in [2.45, 2.75) is 25.4 Å². The van der Waals surface area contributed by atoms with Crippen LogP contribution in [-0.4, -0.2) is 38.8 Å². The molecule has 1 aliphatic rings. The molecule has 144 valence electrons. The van der Waals surface area contributed by atoms with Gasteiger partial charge in [0.25, 0.3) is 5.56 Å². The Morgan fingerprint density at radius 3 is 2.86 bits per heavy atom. The average Bonchev–Trinajstić information content (AvgIpc) is 3.18. The Balaban J connectivity index is 1.46. The molecule has 28 heavy (non-hydrogen) atoms. The number of hydrogen-bond acceptors (Lipinski definition) is 4. The van der Waals surface area contributed by atoms with Crippen LogP contribution in [0.5, 0.6) is 0 Å². The summed E-state index contributed by atoms with van der Waals surface area (Å²) in [7, 11) is 1.78. The third-order valence-corrected chi connectivity index (χ3v) is 4.86. The van der Waals surface area contributed by atoms with Gasteiger partial charge in [0.2, 0.25) is 5.91 Å². The number of amides is 3. The molecule has 0 aliphatic carbocycles. The normalized spacial score (nSPS) is 19.2. The Kier molecular flexibility index (Phi) is 4.34. The zero-order valence-corrected chi connectivity index (χ0v) is 15.5. The second kappa shape index (κ2) is 6.84. The average molecular weight is 380 g/mol. The minimum atomic E-state index is -0.626. The fourth-order valence-electron chi connectivity index (χ4n) is 3.55. The second-order valence-corrected chi connectivity index (χ2v) is 6.93. The Bertz CT molecular complexity index is 1120. The Labute approximate surface area is 160 Å². The van der Waals surface area contributed by atoms with Crippen molar-refractivity contribution in [1.29, 1.82) is 0 Å². The van der Waals surface area contributed by atoms with Gasteiger partial charge in [0.1, 0.15) is 6.04 Å². The molecule has 9 heteroatoms. The maximum atomic E-state index is 12.7. The summed E-state index contributed by atoms with van der Waals surface area (Å²) in [6.07, 6.45) is 5.47. The molecule has 2 unspecified atom stereocenters. The van der Waals surface area contributed by atoms with Gasteiger partial charge in [-0.25, -0.2) is 4.79 Å². The van der Waals surface area contributed by atoms with Crippen LogP contribution in [0.3, 0.4) is 0 Å². The number of benzene rings is 1. The van der Waals surface area contributed by atoms with Crippen molar-refractivity contribution in [1.82, 2.24) is 20.1 Å². The van der Waals surface area contributed by atoms with E-state index >= 15 is 0 Å². The highest BCUT2D eigenvalue weighted by molar-refractivity contribution is 6.03. The molecule has 1 aliphatic heterocycles. The standard InChI is InChI=1S/C19H20N6O3/c1-11-7-16(18(27)25(11)14-9-21-24(2)10-14)23-19(28)22-13-4-3-12-5-6-20-17(26)15(12)8-13/h3-6,8-11,16H,7H2,1-2H3,(H,20,26)(H2,22,23,28). The van der Waals surface area contributed by atoms with Crippen LogP contribution in [0, 0.1) is 0 Å².